The number of hydrogen-bond acceptors (Lipinski definition) is 0. The number of aromatic nitrogens is 2. The topological polar surface area (TPSA) is 19.7 Å². The van der Waals surface area contributed by atoms with Gasteiger partial charge in [0.25, 0.3) is 5.82 Å². The number of nitrogens with zero attached hydrogens (tertiary/aromatic N) is 1. The van der Waals surface area contributed by atoms with E-state index < -0.39 is 0 Å². The molecule has 1 N–H and O–H groups in total. The van der Waals surface area contributed by atoms with Crippen LogP contribution in [-0.4, -0.2) is 4.98 Å². The third kappa shape index (κ3) is 4.23. The molecule has 0 fully saturated rings. The molecule has 2 atom stereocenters. The van der Waals surface area contributed by atoms with Crippen LogP contribution in [0.5, 0.6) is 0 Å². The third-order valence-corrected chi connectivity index (χ3v) is 6.35. The van der Waals surface area contributed by atoms with Gasteiger partial charge in [0.2, 0.25) is 0 Å². The van der Waals surface area contributed by atoms with Gasteiger partial charge < -0.3 is 0 Å². The van der Waals surface area contributed by atoms with Crippen LogP contribution in [0.25, 0.3) is 0 Å². The standard InChI is InChI=1S/C28H30N2/c1-3-26(27-29-19-20-30(27)22-24-15-9-5-10-16-24)28(2,25-17-11-6-12-18-25)21-23-13-7-4-8-14-23/h4-20,26H,3,21-22H2,1-2H3/p+1. The molecule has 2 nitrogen and oxygen atoms in total. The van der Waals surface area contributed by atoms with Gasteiger partial charge in [-0.1, -0.05) is 105 Å². The number of rotatable bonds is 8. The van der Waals surface area contributed by atoms with Crippen LogP contribution in [0.1, 0.15) is 48.7 Å². The molecule has 4 rings (SSSR count). The average molecular weight is 396 g/mol. The van der Waals surface area contributed by atoms with Crippen molar-refractivity contribution in [2.24, 2.45) is 0 Å². The minimum Gasteiger partial charge on any atom is -0.247 e. The Morgan fingerprint density at radius 1 is 0.800 bits per heavy atom. The highest BCUT2D eigenvalue weighted by Gasteiger charge is 2.41. The molecule has 0 radical (unpaired) electrons. The zero-order valence-corrected chi connectivity index (χ0v) is 18.0. The molecule has 30 heavy (non-hydrogen) atoms. The van der Waals surface area contributed by atoms with Crippen molar-refractivity contribution in [3.63, 3.8) is 0 Å². The van der Waals surface area contributed by atoms with Crippen LogP contribution < -0.4 is 4.57 Å². The highest BCUT2D eigenvalue weighted by Crippen LogP contribution is 2.42. The lowest BCUT2D eigenvalue weighted by Gasteiger charge is -2.36. The van der Waals surface area contributed by atoms with Gasteiger partial charge in [-0.25, -0.2) is 9.55 Å². The summed E-state index contributed by atoms with van der Waals surface area (Å²) in [5, 5.41) is 0. The molecule has 152 valence electrons. The SMILES string of the molecule is CCC(c1[nH]cc[n+]1Cc1ccccc1)C(C)(Cc1ccccc1)c1ccccc1. The van der Waals surface area contributed by atoms with E-state index >= 15 is 0 Å². The van der Waals surface area contributed by atoms with Gasteiger partial charge in [-0.3, -0.25) is 0 Å². The first kappa shape index (κ1) is 20.2. The van der Waals surface area contributed by atoms with Crippen molar-refractivity contribution < 1.29 is 4.57 Å². The molecule has 0 aliphatic carbocycles. The number of H-pyrrole nitrogens is 1. The second kappa shape index (κ2) is 9.13. The van der Waals surface area contributed by atoms with Crippen molar-refractivity contribution in [3.05, 3.63) is 126 Å². The van der Waals surface area contributed by atoms with Crippen LogP contribution in [0.3, 0.4) is 0 Å². The highest BCUT2D eigenvalue weighted by atomic mass is 15.1. The maximum Gasteiger partial charge on any atom is 0.258 e. The molecule has 0 amide bonds. The van der Waals surface area contributed by atoms with E-state index in [4.69, 9.17) is 0 Å². The van der Waals surface area contributed by atoms with E-state index in [2.05, 4.69) is 127 Å². The van der Waals surface area contributed by atoms with Gasteiger partial charge in [0.05, 0.1) is 5.92 Å². The molecule has 2 unspecified atom stereocenters. The van der Waals surface area contributed by atoms with Gasteiger partial charge in [0.15, 0.2) is 0 Å². The smallest absolute Gasteiger partial charge is 0.247 e. The minimum atomic E-state index is -0.0271. The van der Waals surface area contributed by atoms with Gasteiger partial charge in [0, 0.05) is 5.41 Å². The maximum atomic E-state index is 3.60. The van der Waals surface area contributed by atoms with Crippen LogP contribution >= 0.6 is 0 Å². The van der Waals surface area contributed by atoms with E-state index in [-0.39, 0.29) is 5.41 Å². The number of aromatic amines is 1. The van der Waals surface area contributed by atoms with Crippen LogP contribution in [-0.2, 0) is 18.4 Å². The Hall–Kier alpha value is -3.13. The lowest BCUT2D eigenvalue weighted by molar-refractivity contribution is -0.696. The van der Waals surface area contributed by atoms with Crippen LogP contribution in [0.4, 0.5) is 0 Å². The fraction of sp³-hybridized carbons (Fsp3) is 0.250. The van der Waals surface area contributed by atoms with E-state index in [9.17, 15) is 0 Å². The summed E-state index contributed by atoms with van der Waals surface area (Å²) >= 11 is 0. The fourth-order valence-electron chi connectivity index (χ4n) is 4.81. The summed E-state index contributed by atoms with van der Waals surface area (Å²) < 4.78 is 2.38. The first-order chi connectivity index (χ1) is 14.7. The Labute approximate surface area is 180 Å². The maximum absolute atomic E-state index is 3.60. The minimum absolute atomic E-state index is 0.0271. The van der Waals surface area contributed by atoms with E-state index in [1.54, 1.807) is 0 Å². The van der Waals surface area contributed by atoms with Crippen molar-refractivity contribution >= 4 is 0 Å². The average Bonchev–Trinajstić information content (AvgIpc) is 3.24. The summed E-state index contributed by atoms with van der Waals surface area (Å²) in [6, 6.07) is 32.6. The van der Waals surface area contributed by atoms with E-state index in [0.717, 1.165) is 19.4 Å². The molecule has 0 spiro atoms. The predicted molar refractivity (Wildman–Crippen MR) is 124 cm³/mol. The molecular formula is C28H31N2+. The summed E-state index contributed by atoms with van der Waals surface area (Å²) in [6.07, 6.45) is 6.32. The molecule has 0 bridgehead atoms. The predicted octanol–water partition coefficient (Wildman–Crippen LogP) is 6.04. The highest BCUT2D eigenvalue weighted by molar-refractivity contribution is 5.32. The Bertz CT molecular complexity index is 1040. The molecule has 1 heterocycles. The fourth-order valence-corrected chi connectivity index (χ4v) is 4.81. The summed E-state index contributed by atoms with van der Waals surface area (Å²) in [5.41, 5.74) is 4.06. The first-order valence-electron chi connectivity index (χ1n) is 10.9. The van der Waals surface area contributed by atoms with Crippen LogP contribution in [0.2, 0.25) is 0 Å². The van der Waals surface area contributed by atoms with E-state index in [0.29, 0.717) is 5.92 Å². The molecule has 0 aliphatic heterocycles. The van der Waals surface area contributed by atoms with Gasteiger partial charge >= 0.3 is 0 Å². The van der Waals surface area contributed by atoms with Crippen molar-refractivity contribution in [1.82, 2.24) is 4.98 Å². The summed E-state index contributed by atoms with van der Waals surface area (Å²) in [5.74, 6) is 1.66. The summed E-state index contributed by atoms with van der Waals surface area (Å²) in [4.78, 5) is 3.60. The molecule has 0 aliphatic rings. The van der Waals surface area contributed by atoms with Crippen molar-refractivity contribution in [2.75, 3.05) is 0 Å². The van der Waals surface area contributed by atoms with Crippen molar-refractivity contribution in [3.8, 4) is 0 Å². The normalized spacial score (nSPS) is 14.2. The largest absolute Gasteiger partial charge is 0.258 e. The quantitative estimate of drug-likeness (QED) is 0.351. The lowest BCUT2D eigenvalue weighted by atomic mass is 9.66. The molecule has 2 heteroatoms. The second-order valence-corrected chi connectivity index (χ2v) is 8.37. The molecule has 0 saturated heterocycles. The number of benzene rings is 3. The lowest BCUT2D eigenvalue weighted by Crippen LogP contribution is -2.43. The van der Waals surface area contributed by atoms with Crippen LogP contribution in [0, 0.1) is 0 Å². The number of nitrogens with one attached hydrogen (secondary N) is 1. The molecule has 0 saturated carbocycles. The Kier molecular flexibility index (Phi) is 6.13. The van der Waals surface area contributed by atoms with Crippen LogP contribution in [0.15, 0.2) is 103 Å². The molecule has 4 aromatic rings. The zero-order valence-electron chi connectivity index (χ0n) is 18.0. The summed E-state index contributed by atoms with van der Waals surface area (Å²) in [7, 11) is 0. The molecule has 1 aromatic heterocycles. The van der Waals surface area contributed by atoms with Gasteiger partial charge in [0.1, 0.15) is 18.9 Å². The second-order valence-electron chi connectivity index (χ2n) is 8.37. The first-order valence-corrected chi connectivity index (χ1v) is 10.9. The number of hydrogen-bond donors (Lipinski definition) is 1. The Morgan fingerprint density at radius 2 is 1.37 bits per heavy atom. The third-order valence-electron chi connectivity index (χ3n) is 6.35. The monoisotopic (exact) mass is 395 g/mol. The molecular weight excluding hydrogens is 364 g/mol. The Balaban J connectivity index is 1.75. The van der Waals surface area contributed by atoms with Gasteiger partial charge in [-0.15, -0.1) is 0 Å². The van der Waals surface area contributed by atoms with E-state index in [1.807, 2.05) is 0 Å². The number of imidazole rings is 1. The van der Waals surface area contributed by atoms with Gasteiger partial charge in [-0.05, 0) is 29.5 Å². The van der Waals surface area contributed by atoms with Crippen molar-refractivity contribution in [2.45, 2.75) is 44.6 Å². The zero-order chi connectivity index (χ0) is 20.8. The van der Waals surface area contributed by atoms with Crippen molar-refractivity contribution in [1.29, 1.82) is 0 Å². The summed E-state index contributed by atoms with van der Waals surface area (Å²) in [6.45, 7) is 5.62. The van der Waals surface area contributed by atoms with E-state index in [1.165, 1.54) is 22.5 Å². The molecule has 3 aromatic carbocycles. The van der Waals surface area contributed by atoms with Gasteiger partial charge in [-0.2, -0.15) is 0 Å². The Morgan fingerprint density at radius 3 is 1.97 bits per heavy atom.